The Bertz CT molecular complexity index is 597. The molecular formula is C15H20FN3. The molecule has 1 aromatic heterocycles. The van der Waals surface area contributed by atoms with Crippen molar-refractivity contribution in [3.8, 4) is 0 Å². The van der Waals surface area contributed by atoms with Crippen LogP contribution in [0.3, 0.4) is 0 Å². The molecule has 102 valence electrons. The van der Waals surface area contributed by atoms with Crippen LogP contribution in [0.4, 0.5) is 4.39 Å². The minimum absolute atomic E-state index is 0.163. The largest absolute Gasteiger partial charge is 0.331 e. The van der Waals surface area contributed by atoms with Gasteiger partial charge >= 0.3 is 0 Å². The van der Waals surface area contributed by atoms with Gasteiger partial charge < -0.3 is 10.3 Å². The molecule has 0 unspecified atom stereocenters. The van der Waals surface area contributed by atoms with Crippen molar-refractivity contribution >= 4 is 11.0 Å². The van der Waals surface area contributed by atoms with Gasteiger partial charge in [0.15, 0.2) is 5.82 Å². The number of rotatable bonds is 2. The average Bonchev–Trinajstić information content (AvgIpc) is 2.69. The molecule has 1 aliphatic rings. The highest BCUT2D eigenvalue weighted by atomic mass is 19.1. The minimum atomic E-state index is -0.255. The summed E-state index contributed by atoms with van der Waals surface area (Å²) < 4.78 is 15.7. The van der Waals surface area contributed by atoms with Crippen molar-refractivity contribution in [3.63, 3.8) is 0 Å². The first-order valence-electron chi connectivity index (χ1n) is 6.98. The highest BCUT2D eigenvalue weighted by Crippen LogP contribution is 2.30. The van der Waals surface area contributed by atoms with Crippen LogP contribution >= 0.6 is 0 Å². The first-order valence-corrected chi connectivity index (χ1v) is 6.98. The Morgan fingerprint density at radius 1 is 1.32 bits per heavy atom. The lowest BCUT2D eigenvalue weighted by molar-refractivity contribution is 0.288. The van der Waals surface area contributed by atoms with Crippen molar-refractivity contribution in [1.82, 2.24) is 9.55 Å². The van der Waals surface area contributed by atoms with Gasteiger partial charge in [0.1, 0.15) is 11.3 Å². The maximum absolute atomic E-state index is 13.7. The predicted octanol–water partition coefficient (Wildman–Crippen LogP) is 2.92. The van der Waals surface area contributed by atoms with E-state index in [0.717, 1.165) is 30.6 Å². The molecule has 3 nitrogen and oxygen atoms in total. The summed E-state index contributed by atoms with van der Waals surface area (Å²) in [5, 5.41) is 0. The van der Waals surface area contributed by atoms with Gasteiger partial charge in [-0.05, 0) is 25.0 Å². The van der Waals surface area contributed by atoms with E-state index in [2.05, 4.69) is 4.98 Å². The Morgan fingerprint density at radius 3 is 2.74 bits per heavy atom. The van der Waals surface area contributed by atoms with Crippen LogP contribution in [0.25, 0.3) is 11.0 Å². The highest BCUT2D eigenvalue weighted by Gasteiger charge is 2.29. The van der Waals surface area contributed by atoms with Crippen LogP contribution in [0.1, 0.15) is 37.9 Å². The summed E-state index contributed by atoms with van der Waals surface area (Å²) in [6.07, 6.45) is 6.47. The number of nitrogens with zero attached hydrogens (tertiary/aromatic N) is 2. The molecule has 19 heavy (non-hydrogen) atoms. The number of para-hydroxylation sites is 1. The zero-order valence-corrected chi connectivity index (χ0v) is 11.3. The summed E-state index contributed by atoms with van der Waals surface area (Å²) in [5.74, 6) is 0.638. The molecule has 1 heterocycles. The first-order chi connectivity index (χ1) is 9.09. The molecule has 0 radical (unpaired) electrons. The third kappa shape index (κ3) is 2.25. The SMILES string of the molecule is Cn1c(CC2(N)CCCCC2)nc2c(F)cccc21. The van der Waals surface area contributed by atoms with Crippen LogP contribution < -0.4 is 5.73 Å². The Kier molecular flexibility index (Phi) is 3.05. The molecule has 1 aliphatic carbocycles. The van der Waals surface area contributed by atoms with E-state index in [1.54, 1.807) is 6.07 Å². The fourth-order valence-electron chi connectivity index (χ4n) is 3.13. The number of nitrogens with two attached hydrogens (primary N) is 1. The first kappa shape index (κ1) is 12.6. The number of benzene rings is 1. The summed E-state index contributed by atoms with van der Waals surface area (Å²) in [4.78, 5) is 4.46. The maximum Gasteiger partial charge on any atom is 0.151 e. The van der Waals surface area contributed by atoms with Crippen LogP contribution in [0.5, 0.6) is 0 Å². The van der Waals surface area contributed by atoms with Gasteiger partial charge in [0, 0.05) is 19.0 Å². The standard InChI is InChI=1S/C15H20FN3/c1-19-12-7-5-6-11(16)14(12)18-13(19)10-15(17)8-3-2-4-9-15/h5-7H,2-4,8-10,17H2,1H3. The number of imidazole rings is 1. The second-order valence-corrected chi connectivity index (χ2v) is 5.79. The monoisotopic (exact) mass is 261 g/mol. The fraction of sp³-hybridized carbons (Fsp3) is 0.533. The topological polar surface area (TPSA) is 43.8 Å². The van der Waals surface area contributed by atoms with Gasteiger partial charge in [-0.1, -0.05) is 25.3 Å². The maximum atomic E-state index is 13.7. The number of aryl methyl sites for hydroxylation is 1. The lowest BCUT2D eigenvalue weighted by atomic mass is 9.80. The molecule has 4 heteroatoms. The van der Waals surface area contributed by atoms with Crippen molar-refractivity contribution in [1.29, 1.82) is 0 Å². The summed E-state index contributed by atoms with van der Waals surface area (Å²) >= 11 is 0. The van der Waals surface area contributed by atoms with Crippen molar-refractivity contribution < 1.29 is 4.39 Å². The number of hydrogen-bond acceptors (Lipinski definition) is 2. The molecule has 0 spiro atoms. The molecule has 2 aromatic rings. The Morgan fingerprint density at radius 2 is 2.05 bits per heavy atom. The third-order valence-electron chi connectivity index (χ3n) is 4.31. The quantitative estimate of drug-likeness (QED) is 0.903. The molecule has 1 fully saturated rings. The van der Waals surface area contributed by atoms with Crippen molar-refractivity contribution in [3.05, 3.63) is 29.8 Å². The Labute approximate surface area is 112 Å². The van der Waals surface area contributed by atoms with E-state index in [1.807, 2.05) is 17.7 Å². The molecule has 3 rings (SSSR count). The molecule has 1 saturated carbocycles. The Hall–Kier alpha value is -1.42. The van der Waals surface area contributed by atoms with Gasteiger partial charge in [-0.3, -0.25) is 0 Å². The molecule has 0 bridgehead atoms. The van der Waals surface area contributed by atoms with Gasteiger partial charge in [-0.2, -0.15) is 0 Å². The van der Waals surface area contributed by atoms with Crippen molar-refractivity contribution in [2.75, 3.05) is 0 Å². The third-order valence-corrected chi connectivity index (χ3v) is 4.31. The van der Waals surface area contributed by atoms with Crippen LogP contribution in [0, 0.1) is 5.82 Å². The Balaban J connectivity index is 1.97. The molecule has 0 aliphatic heterocycles. The summed E-state index contributed by atoms with van der Waals surface area (Å²) in [5.41, 5.74) is 7.61. The fourth-order valence-corrected chi connectivity index (χ4v) is 3.13. The van der Waals surface area contributed by atoms with E-state index in [4.69, 9.17) is 5.73 Å². The molecule has 1 aromatic carbocycles. The normalized spacial score (nSPS) is 18.9. The summed E-state index contributed by atoms with van der Waals surface area (Å²) in [6, 6.07) is 5.08. The van der Waals surface area contributed by atoms with Crippen LogP contribution in [-0.4, -0.2) is 15.1 Å². The highest BCUT2D eigenvalue weighted by molar-refractivity contribution is 5.76. The van der Waals surface area contributed by atoms with Crippen LogP contribution in [-0.2, 0) is 13.5 Å². The van der Waals surface area contributed by atoms with Gasteiger partial charge in [-0.15, -0.1) is 0 Å². The van der Waals surface area contributed by atoms with E-state index < -0.39 is 0 Å². The smallest absolute Gasteiger partial charge is 0.151 e. The molecule has 0 amide bonds. The van der Waals surface area contributed by atoms with E-state index in [0.29, 0.717) is 5.52 Å². The van der Waals surface area contributed by atoms with Crippen molar-refractivity contribution in [2.45, 2.75) is 44.1 Å². The predicted molar refractivity (Wildman–Crippen MR) is 74.4 cm³/mol. The van der Waals surface area contributed by atoms with Crippen molar-refractivity contribution in [2.24, 2.45) is 12.8 Å². The van der Waals surface area contributed by atoms with Crippen LogP contribution in [0.2, 0.25) is 0 Å². The van der Waals surface area contributed by atoms with Crippen LogP contribution in [0.15, 0.2) is 18.2 Å². The zero-order chi connectivity index (χ0) is 13.5. The lowest BCUT2D eigenvalue weighted by Gasteiger charge is -2.33. The lowest BCUT2D eigenvalue weighted by Crippen LogP contribution is -2.44. The van der Waals surface area contributed by atoms with E-state index >= 15 is 0 Å². The second-order valence-electron chi connectivity index (χ2n) is 5.79. The summed E-state index contributed by atoms with van der Waals surface area (Å²) in [7, 11) is 1.94. The number of halogens is 1. The number of aromatic nitrogens is 2. The van der Waals surface area contributed by atoms with Gasteiger partial charge in [0.25, 0.3) is 0 Å². The van der Waals surface area contributed by atoms with E-state index in [1.165, 1.54) is 25.3 Å². The van der Waals surface area contributed by atoms with Gasteiger partial charge in [0.05, 0.1) is 5.52 Å². The number of hydrogen-bond donors (Lipinski definition) is 1. The van der Waals surface area contributed by atoms with Gasteiger partial charge in [-0.25, -0.2) is 9.37 Å². The molecule has 0 saturated heterocycles. The zero-order valence-electron chi connectivity index (χ0n) is 11.3. The minimum Gasteiger partial charge on any atom is -0.331 e. The average molecular weight is 261 g/mol. The molecule has 2 N–H and O–H groups in total. The second kappa shape index (κ2) is 4.60. The van der Waals surface area contributed by atoms with E-state index in [-0.39, 0.29) is 11.4 Å². The van der Waals surface area contributed by atoms with Gasteiger partial charge in [0.2, 0.25) is 0 Å². The summed E-state index contributed by atoms with van der Waals surface area (Å²) in [6.45, 7) is 0. The number of fused-ring (bicyclic) bond motifs is 1. The molecular weight excluding hydrogens is 241 g/mol. The van der Waals surface area contributed by atoms with E-state index in [9.17, 15) is 4.39 Å². The molecule has 0 atom stereocenters.